The van der Waals surface area contributed by atoms with E-state index in [1.165, 1.54) is 16.7 Å². The molecule has 0 saturated carbocycles. The maximum atomic E-state index is 6.43. The molecule has 7 nitrogen and oxygen atoms in total. The molecule has 0 fully saturated rings. The fourth-order valence-corrected chi connectivity index (χ4v) is 4.59. The molecule has 0 spiro atoms. The Kier molecular flexibility index (Phi) is 7.57. The van der Waals surface area contributed by atoms with E-state index < -0.39 is 0 Å². The summed E-state index contributed by atoms with van der Waals surface area (Å²) >= 11 is 0. The molecule has 0 unspecified atom stereocenters. The Morgan fingerprint density at radius 1 is 1.20 bits per heavy atom. The van der Waals surface area contributed by atoms with E-state index in [-0.39, 0.29) is 17.6 Å². The SMILES string of the molecule is Cc1ccc([C@H](OCc2cn(C)nn2)C(C)(C)C)cc1CN1Cc2ncccc2O[C@H](C(C)C)C1. The highest BCUT2D eigenvalue weighted by Gasteiger charge is 2.29. The number of aryl methyl sites for hydroxylation is 2. The van der Waals surface area contributed by atoms with E-state index in [0.29, 0.717) is 12.5 Å². The summed E-state index contributed by atoms with van der Waals surface area (Å²) in [4.78, 5) is 7.08. The predicted octanol–water partition coefficient (Wildman–Crippen LogP) is 5.24. The molecule has 2 atom stereocenters. The Morgan fingerprint density at radius 3 is 2.69 bits per heavy atom. The van der Waals surface area contributed by atoms with Crippen molar-refractivity contribution in [3.63, 3.8) is 0 Å². The van der Waals surface area contributed by atoms with Crippen molar-refractivity contribution >= 4 is 0 Å². The summed E-state index contributed by atoms with van der Waals surface area (Å²) < 4.78 is 14.5. The molecule has 2 aromatic heterocycles. The summed E-state index contributed by atoms with van der Waals surface area (Å²) in [7, 11) is 1.87. The van der Waals surface area contributed by atoms with Gasteiger partial charge in [0, 0.05) is 32.9 Å². The van der Waals surface area contributed by atoms with Crippen molar-refractivity contribution in [2.75, 3.05) is 6.54 Å². The van der Waals surface area contributed by atoms with Crippen LogP contribution in [0.3, 0.4) is 0 Å². The molecule has 1 aliphatic rings. The van der Waals surface area contributed by atoms with Crippen molar-refractivity contribution in [1.82, 2.24) is 24.9 Å². The summed E-state index contributed by atoms with van der Waals surface area (Å²) in [5, 5.41) is 8.21. The smallest absolute Gasteiger partial charge is 0.142 e. The van der Waals surface area contributed by atoms with Gasteiger partial charge in [-0.3, -0.25) is 14.6 Å². The van der Waals surface area contributed by atoms with Gasteiger partial charge in [0.25, 0.3) is 0 Å². The topological polar surface area (TPSA) is 65.3 Å². The molecule has 1 aliphatic heterocycles. The van der Waals surface area contributed by atoms with Crippen LogP contribution in [-0.2, 0) is 31.5 Å². The molecule has 7 heteroatoms. The van der Waals surface area contributed by atoms with Crippen LogP contribution in [0.2, 0.25) is 0 Å². The van der Waals surface area contributed by atoms with Crippen molar-refractivity contribution < 1.29 is 9.47 Å². The number of benzene rings is 1. The minimum atomic E-state index is -0.0726. The van der Waals surface area contributed by atoms with Gasteiger partial charge in [-0.05, 0) is 47.1 Å². The monoisotopic (exact) mass is 477 g/mol. The zero-order valence-corrected chi connectivity index (χ0v) is 22.2. The first-order chi connectivity index (χ1) is 16.6. The summed E-state index contributed by atoms with van der Waals surface area (Å²) in [6, 6.07) is 10.7. The molecular weight excluding hydrogens is 438 g/mol. The van der Waals surface area contributed by atoms with Gasteiger partial charge < -0.3 is 9.47 Å². The van der Waals surface area contributed by atoms with Crippen molar-refractivity contribution in [2.45, 2.75) is 73.4 Å². The Bertz CT molecular complexity index is 1130. The first-order valence-corrected chi connectivity index (χ1v) is 12.5. The number of pyridine rings is 1. The molecule has 35 heavy (non-hydrogen) atoms. The molecule has 1 aromatic carbocycles. The van der Waals surface area contributed by atoms with E-state index in [2.05, 4.69) is 79.9 Å². The number of hydrogen-bond donors (Lipinski definition) is 0. The van der Waals surface area contributed by atoms with Crippen molar-refractivity contribution in [2.24, 2.45) is 18.4 Å². The number of rotatable bonds is 7. The fraction of sp³-hybridized carbons (Fsp3) is 0.536. The molecule has 0 amide bonds. The van der Waals surface area contributed by atoms with Crippen LogP contribution in [0, 0.1) is 18.3 Å². The molecule has 0 radical (unpaired) electrons. The maximum absolute atomic E-state index is 6.43. The van der Waals surface area contributed by atoms with Gasteiger partial charge in [0.2, 0.25) is 0 Å². The fourth-order valence-electron chi connectivity index (χ4n) is 4.59. The van der Waals surface area contributed by atoms with Crippen LogP contribution in [0.4, 0.5) is 0 Å². The molecule has 4 rings (SSSR count). The van der Waals surface area contributed by atoms with Crippen LogP contribution >= 0.6 is 0 Å². The minimum absolute atomic E-state index is 0.0675. The third-order valence-electron chi connectivity index (χ3n) is 6.59. The highest BCUT2D eigenvalue weighted by atomic mass is 16.5. The molecule has 0 bridgehead atoms. The summed E-state index contributed by atoms with van der Waals surface area (Å²) in [5.41, 5.74) is 5.54. The Morgan fingerprint density at radius 2 is 2.00 bits per heavy atom. The van der Waals surface area contributed by atoms with Gasteiger partial charge >= 0.3 is 0 Å². The normalized spacial score (nSPS) is 17.7. The lowest BCUT2D eigenvalue weighted by Crippen LogP contribution is -2.36. The number of ether oxygens (including phenoxy) is 2. The molecule has 3 heterocycles. The lowest BCUT2D eigenvalue weighted by molar-refractivity contribution is -0.0318. The van der Waals surface area contributed by atoms with Gasteiger partial charge in [-0.25, -0.2) is 0 Å². The molecule has 0 aliphatic carbocycles. The van der Waals surface area contributed by atoms with Crippen LogP contribution in [0.25, 0.3) is 0 Å². The standard InChI is InChI=1S/C28H39N5O2/c1-19(2)26-17-33(16-24-25(35-26)9-8-12-29-24)14-22-13-21(11-10-20(22)3)27(28(4,5)6)34-18-23-15-32(7)31-30-23/h8-13,15,19,26-27H,14,16-18H2,1-7H3/t26-,27-/m0/s1. The van der Waals surface area contributed by atoms with Crippen LogP contribution in [0.5, 0.6) is 5.75 Å². The Balaban J connectivity index is 1.57. The van der Waals surface area contributed by atoms with Gasteiger partial charge in [-0.15, -0.1) is 5.10 Å². The van der Waals surface area contributed by atoms with Gasteiger partial charge in [-0.2, -0.15) is 0 Å². The number of nitrogens with zero attached hydrogens (tertiary/aromatic N) is 5. The Hall–Kier alpha value is -2.77. The molecule has 0 N–H and O–H groups in total. The van der Waals surface area contributed by atoms with Crippen LogP contribution in [0.15, 0.2) is 42.7 Å². The van der Waals surface area contributed by atoms with Gasteiger partial charge in [0.15, 0.2) is 0 Å². The first-order valence-electron chi connectivity index (χ1n) is 12.5. The van der Waals surface area contributed by atoms with E-state index in [1.807, 2.05) is 31.6 Å². The highest BCUT2D eigenvalue weighted by Crippen LogP contribution is 2.38. The second kappa shape index (κ2) is 10.5. The zero-order chi connectivity index (χ0) is 25.2. The van der Waals surface area contributed by atoms with E-state index >= 15 is 0 Å². The highest BCUT2D eigenvalue weighted by molar-refractivity contribution is 5.34. The average Bonchev–Trinajstić information content (AvgIpc) is 3.10. The summed E-state index contributed by atoms with van der Waals surface area (Å²) in [6.07, 6.45) is 3.81. The van der Waals surface area contributed by atoms with Gasteiger partial charge in [-0.1, -0.05) is 58.0 Å². The second-order valence-corrected chi connectivity index (χ2v) is 11.1. The Labute approximate surface area is 209 Å². The average molecular weight is 478 g/mol. The number of hydrogen-bond acceptors (Lipinski definition) is 6. The third-order valence-corrected chi connectivity index (χ3v) is 6.59. The molecule has 0 saturated heterocycles. The molecule has 188 valence electrons. The van der Waals surface area contributed by atoms with Crippen molar-refractivity contribution in [3.8, 4) is 5.75 Å². The van der Waals surface area contributed by atoms with E-state index in [9.17, 15) is 0 Å². The van der Waals surface area contributed by atoms with Gasteiger partial charge in [0.05, 0.1) is 24.6 Å². The first kappa shape index (κ1) is 25.3. The molecular formula is C28H39N5O2. The van der Waals surface area contributed by atoms with Crippen LogP contribution in [-0.4, -0.2) is 37.5 Å². The number of aromatic nitrogens is 4. The quantitative estimate of drug-likeness (QED) is 0.464. The predicted molar refractivity (Wildman–Crippen MR) is 137 cm³/mol. The number of fused-ring (bicyclic) bond motifs is 1. The lowest BCUT2D eigenvalue weighted by atomic mass is 9.83. The van der Waals surface area contributed by atoms with Crippen molar-refractivity contribution in [1.29, 1.82) is 0 Å². The van der Waals surface area contributed by atoms with Crippen LogP contribution in [0.1, 0.15) is 68.8 Å². The van der Waals surface area contributed by atoms with Gasteiger partial charge in [0.1, 0.15) is 17.5 Å². The maximum Gasteiger partial charge on any atom is 0.142 e. The lowest BCUT2D eigenvalue weighted by Gasteiger charge is -2.32. The summed E-state index contributed by atoms with van der Waals surface area (Å²) in [5.74, 6) is 1.32. The minimum Gasteiger partial charge on any atom is -0.487 e. The summed E-state index contributed by atoms with van der Waals surface area (Å²) in [6.45, 7) is 16.2. The molecule has 3 aromatic rings. The van der Waals surface area contributed by atoms with E-state index in [1.54, 1.807) is 4.68 Å². The third kappa shape index (κ3) is 6.27. The second-order valence-electron chi connectivity index (χ2n) is 11.1. The van der Waals surface area contributed by atoms with E-state index in [0.717, 1.165) is 36.8 Å². The largest absolute Gasteiger partial charge is 0.487 e. The van der Waals surface area contributed by atoms with Crippen molar-refractivity contribution in [3.05, 3.63) is 70.8 Å². The van der Waals surface area contributed by atoms with E-state index in [4.69, 9.17) is 9.47 Å². The van der Waals surface area contributed by atoms with Crippen LogP contribution < -0.4 is 4.74 Å². The zero-order valence-electron chi connectivity index (χ0n) is 22.2.